The Balaban J connectivity index is 1.58. The summed E-state index contributed by atoms with van der Waals surface area (Å²) in [4.78, 5) is 14.5. The van der Waals surface area contributed by atoms with E-state index in [0.717, 1.165) is 39.9 Å². The van der Waals surface area contributed by atoms with Crippen LogP contribution in [0.5, 0.6) is 0 Å². The molecule has 0 aliphatic rings. The van der Waals surface area contributed by atoms with Gasteiger partial charge in [0.25, 0.3) is 6.20 Å². The Kier molecular flexibility index (Phi) is 9.23. The average molecular weight is 402 g/mol. The van der Waals surface area contributed by atoms with Gasteiger partial charge in [0.2, 0.25) is 0 Å². The van der Waals surface area contributed by atoms with Gasteiger partial charge < -0.3 is 15.2 Å². The molecule has 0 atom stereocenters. The van der Waals surface area contributed by atoms with Crippen LogP contribution in [0.25, 0.3) is 0 Å². The molecular weight excluding hydrogens is 382 g/mol. The van der Waals surface area contributed by atoms with E-state index in [1.807, 2.05) is 11.4 Å². The molecule has 2 rings (SSSR count). The molecule has 0 aromatic carbocycles. The van der Waals surface area contributed by atoms with Gasteiger partial charge in [0.1, 0.15) is 11.3 Å². The summed E-state index contributed by atoms with van der Waals surface area (Å²) in [5, 5.41) is 23.7. The summed E-state index contributed by atoms with van der Waals surface area (Å²) in [6, 6.07) is 1.82. The Bertz CT molecular complexity index is 588. The maximum absolute atomic E-state index is 10.7. The number of nitrogens with one attached hydrogen (secondary N) is 2. The van der Waals surface area contributed by atoms with E-state index in [2.05, 4.69) is 20.8 Å². The Morgan fingerprint density at radius 3 is 2.68 bits per heavy atom. The first kappa shape index (κ1) is 19.6. The molecule has 0 saturated heterocycles. The van der Waals surface area contributed by atoms with E-state index in [1.54, 1.807) is 47.3 Å². The summed E-state index contributed by atoms with van der Waals surface area (Å²) < 4.78 is 4.76. The second-order valence-electron chi connectivity index (χ2n) is 4.70. The number of nitro groups is 1. The van der Waals surface area contributed by atoms with Crippen molar-refractivity contribution in [2.75, 3.05) is 24.6 Å². The van der Waals surface area contributed by atoms with Crippen LogP contribution < -0.4 is 10.6 Å². The van der Waals surface area contributed by atoms with Gasteiger partial charge in [0.05, 0.1) is 10.6 Å². The number of thiazole rings is 1. The minimum Gasteiger partial charge on any atom is -0.366 e. The van der Waals surface area contributed by atoms with Crippen molar-refractivity contribution in [2.45, 2.75) is 11.5 Å². The molecule has 2 heterocycles. The van der Waals surface area contributed by atoms with E-state index in [9.17, 15) is 10.1 Å². The van der Waals surface area contributed by atoms with Crippen LogP contribution in [-0.2, 0) is 11.5 Å². The first-order chi connectivity index (χ1) is 12.2. The maximum atomic E-state index is 10.7. The van der Waals surface area contributed by atoms with Crippen molar-refractivity contribution in [3.8, 4) is 0 Å². The van der Waals surface area contributed by atoms with Crippen molar-refractivity contribution < 1.29 is 9.45 Å². The number of hydrogen-bond acceptors (Lipinski definition) is 10. The molecule has 0 amide bonds. The molecule has 2 aromatic rings. The lowest BCUT2D eigenvalue weighted by Crippen LogP contribution is -2.30. The fourth-order valence-corrected chi connectivity index (χ4v) is 4.06. The number of aromatic nitrogens is 2. The molecule has 0 spiro atoms. The highest BCUT2D eigenvalue weighted by molar-refractivity contribution is 7.98. The zero-order valence-electron chi connectivity index (χ0n) is 13.4. The molecular formula is C14H19N5O3S3. The highest BCUT2D eigenvalue weighted by Crippen LogP contribution is 2.13. The Morgan fingerprint density at radius 1 is 1.32 bits per heavy atom. The van der Waals surface area contributed by atoms with Gasteiger partial charge in [-0.15, -0.1) is 11.3 Å². The second-order valence-corrected chi connectivity index (χ2v) is 7.89. The summed E-state index contributed by atoms with van der Waals surface area (Å²) in [5.41, 5.74) is 0.890. The van der Waals surface area contributed by atoms with E-state index in [-0.39, 0.29) is 0 Å². The average Bonchev–Trinajstić information content (AvgIpc) is 3.27. The number of rotatable bonds is 13. The molecule has 0 bridgehead atoms. The van der Waals surface area contributed by atoms with Crippen molar-refractivity contribution in [2.24, 2.45) is 0 Å². The molecule has 0 saturated carbocycles. The van der Waals surface area contributed by atoms with E-state index in [1.165, 1.54) is 0 Å². The summed E-state index contributed by atoms with van der Waals surface area (Å²) in [7, 11) is 0. The second kappa shape index (κ2) is 11.8. The lowest BCUT2D eigenvalue weighted by atomic mass is 10.5. The standard InChI is InChI=1S/C14H19N5O3S3/c20-19(21)9-13(15-2-6-23-10-12-1-5-22-18-12)16-3-7-24-11-14-17-4-8-25-14/h1,4-5,8-9,15-16H,2-3,6-7,10-11H2. The van der Waals surface area contributed by atoms with Crippen LogP contribution in [-0.4, -0.2) is 39.7 Å². The third-order valence-corrected chi connectivity index (χ3v) is 5.73. The van der Waals surface area contributed by atoms with Gasteiger partial charge in [-0.05, 0) is 0 Å². The summed E-state index contributed by atoms with van der Waals surface area (Å²) in [6.45, 7) is 1.27. The van der Waals surface area contributed by atoms with Crippen LogP contribution in [0.15, 0.2) is 40.5 Å². The van der Waals surface area contributed by atoms with E-state index >= 15 is 0 Å². The largest absolute Gasteiger partial charge is 0.366 e. The van der Waals surface area contributed by atoms with Crippen molar-refractivity contribution in [3.63, 3.8) is 0 Å². The van der Waals surface area contributed by atoms with Crippen molar-refractivity contribution >= 4 is 34.9 Å². The highest BCUT2D eigenvalue weighted by atomic mass is 32.2. The molecule has 11 heteroatoms. The van der Waals surface area contributed by atoms with Crippen molar-refractivity contribution in [3.05, 3.63) is 56.7 Å². The predicted octanol–water partition coefficient (Wildman–Crippen LogP) is 2.55. The molecule has 2 aromatic heterocycles. The normalized spacial score (nSPS) is 11.4. The van der Waals surface area contributed by atoms with Crippen LogP contribution in [0, 0.1) is 10.1 Å². The predicted molar refractivity (Wildman–Crippen MR) is 102 cm³/mol. The van der Waals surface area contributed by atoms with Crippen LogP contribution in [0.1, 0.15) is 10.7 Å². The lowest BCUT2D eigenvalue weighted by Gasteiger charge is -2.10. The van der Waals surface area contributed by atoms with Gasteiger partial charge >= 0.3 is 0 Å². The number of hydrogen-bond donors (Lipinski definition) is 2. The number of nitrogens with zero attached hydrogens (tertiary/aromatic N) is 3. The quantitative estimate of drug-likeness (QED) is 0.297. The topological polar surface area (TPSA) is 106 Å². The summed E-state index contributed by atoms with van der Waals surface area (Å²) >= 11 is 5.06. The molecule has 8 nitrogen and oxygen atoms in total. The first-order valence-corrected chi connectivity index (χ1v) is 10.7. The fourth-order valence-electron chi connectivity index (χ4n) is 1.75. The third-order valence-electron chi connectivity index (χ3n) is 2.81. The molecule has 0 aliphatic heterocycles. The van der Waals surface area contributed by atoms with Crippen molar-refractivity contribution in [1.29, 1.82) is 0 Å². The molecule has 0 aliphatic carbocycles. The van der Waals surface area contributed by atoms with Gasteiger partial charge in [-0.3, -0.25) is 10.1 Å². The molecule has 0 fully saturated rings. The molecule has 0 radical (unpaired) electrons. The lowest BCUT2D eigenvalue weighted by molar-refractivity contribution is -0.404. The minimum atomic E-state index is -0.458. The zero-order chi connectivity index (χ0) is 17.7. The van der Waals surface area contributed by atoms with Crippen LogP contribution in [0.3, 0.4) is 0 Å². The smallest absolute Gasteiger partial charge is 0.274 e. The Morgan fingerprint density at radius 2 is 2.08 bits per heavy atom. The van der Waals surface area contributed by atoms with Crippen molar-refractivity contribution in [1.82, 2.24) is 20.8 Å². The highest BCUT2D eigenvalue weighted by Gasteiger charge is 2.03. The zero-order valence-corrected chi connectivity index (χ0v) is 15.9. The monoisotopic (exact) mass is 401 g/mol. The van der Waals surface area contributed by atoms with Crippen LogP contribution >= 0.6 is 34.9 Å². The SMILES string of the molecule is O=[N+]([O-])C=C(NCCSCc1ccon1)NCCSCc1nccs1. The van der Waals surface area contributed by atoms with Gasteiger partial charge in [-0.2, -0.15) is 23.5 Å². The Hall–Kier alpha value is -1.72. The van der Waals surface area contributed by atoms with E-state index in [4.69, 9.17) is 4.52 Å². The van der Waals surface area contributed by atoms with E-state index in [0.29, 0.717) is 18.9 Å². The van der Waals surface area contributed by atoms with Gasteiger partial charge in [-0.1, -0.05) is 5.16 Å². The van der Waals surface area contributed by atoms with Crippen LogP contribution in [0.2, 0.25) is 0 Å². The molecule has 0 unspecified atom stereocenters. The summed E-state index contributed by atoms with van der Waals surface area (Å²) in [5.74, 6) is 3.70. The number of thioether (sulfide) groups is 2. The maximum Gasteiger partial charge on any atom is 0.274 e. The van der Waals surface area contributed by atoms with Gasteiger partial charge in [-0.25, -0.2) is 4.98 Å². The molecule has 25 heavy (non-hydrogen) atoms. The minimum absolute atomic E-state index is 0.432. The first-order valence-electron chi connectivity index (χ1n) is 7.50. The molecule has 2 N–H and O–H groups in total. The third kappa shape index (κ3) is 8.79. The fraction of sp³-hybridized carbons (Fsp3) is 0.429. The molecule has 136 valence electrons. The van der Waals surface area contributed by atoms with Gasteiger partial charge in [0.15, 0.2) is 5.82 Å². The van der Waals surface area contributed by atoms with E-state index < -0.39 is 4.92 Å². The van der Waals surface area contributed by atoms with Crippen LogP contribution in [0.4, 0.5) is 0 Å². The van der Waals surface area contributed by atoms with Gasteiger partial charge in [0, 0.05) is 53.7 Å². The Labute approximate surface area is 158 Å². The summed E-state index contributed by atoms with van der Waals surface area (Å²) in [6.07, 6.45) is 4.30.